The zero-order valence-electron chi connectivity index (χ0n) is 30.8. The Labute approximate surface area is 277 Å². The van der Waals surface area contributed by atoms with Crippen LogP contribution in [0.4, 0.5) is 0 Å². The molecule has 0 bridgehead atoms. The smallest absolute Gasteiger partial charge is 0.190 e. The van der Waals surface area contributed by atoms with Crippen molar-refractivity contribution in [2.75, 3.05) is 42.7 Å². The van der Waals surface area contributed by atoms with E-state index in [0.29, 0.717) is 0 Å². The van der Waals surface area contributed by atoms with Gasteiger partial charge in [0.05, 0.1) is 42.7 Å². The fraction of sp³-hybridized carbons (Fsp3) is 0.436. The molecular weight excluding hydrogens is 593 g/mol. The minimum Gasteiger partial charge on any atom is -0.497 e. The molecule has 7 heteroatoms. The molecular formula is C39H52O6Si. The first-order chi connectivity index (χ1) is 21.7. The largest absolute Gasteiger partial charge is 0.497 e. The van der Waals surface area contributed by atoms with Crippen LogP contribution in [0, 0.1) is 47.5 Å². The second kappa shape index (κ2) is 13.1. The lowest BCUT2D eigenvalue weighted by Crippen LogP contribution is -2.72. The Morgan fingerprint density at radius 1 is 0.413 bits per heavy atom. The molecule has 6 nitrogen and oxygen atoms in total. The van der Waals surface area contributed by atoms with Crippen LogP contribution in [0.2, 0.25) is 0 Å². The second-order valence-electron chi connectivity index (χ2n) is 12.5. The van der Waals surface area contributed by atoms with Gasteiger partial charge in [0.25, 0.3) is 0 Å². The highest BCUT2D eigenvalue weighted by atomic mass is 28.3. The van der Waals surface area contributed by atoms with Gasteiger partial charge >= 0.3 is 0 Å². The summed E-state index contributed by atoms with van der Waals surface area (Å²) in [6.45, 7) is 22.2. The molecule has 4 rings (SSSR count). The highest BCUT2D eigenvalue weighted by Crippen LogP contribution is 2.47. The maximum absolute atomic E-state index is 6.42. The number of hydrogen-bond donors (Lipinski definition) is 0. The van der Waals surface area contributed by atoms with Gasteiger partial charge in [-0.2, -0.15) is 0 Å². The summed E-state index contributed by atoms with van der Waals surface area (Å²) in [5.41, 5.74) is 10.6. The molecule has 1 aliphatic carbocycles. The van der Waals surface area contributed by atoms with Crippen LogP contribution in [-0.4, -0.2) is 50.7 Å². The van der Waals surface area contributed by atoms with Crippen LogP contribution >= 0.6 is 0 Å². The predicted molar refractivity (Wildman–Crippen MR) is 192 cm³/mol. The molecule has 1 unspecified atom stereocenters. The summed E-state index contributed by atoms with van der Waals surface area (Å²) < 4.78 is 37.0. The Morgan fingerprint density at radius 2 is 0.696 bits per heavy atom. The summed E-state index contributed by atoms with van der Waals surface area (Å²) in [6, 6.07) is 6.16. The van der Waals surface area contributed by atoms with E-state index in [4.69, 9.17) is 28.4 Å². The molecule has 0 N–H and O–H groups in total. The van der Waals surface area contributed by atoms with Gasteiger partial charge in [-0.25, -0.2) is 0 Å². The van der Waals surface area contributed by atoms with Crippen LogP contribution in [0.3, 0.4) is 0 Å². The Kier molecular flexibility index (Phi) is 9.98. The van der Waals surface area contributed by atoms with E-state index in [-0.39, 0.29) is 5.92 Å². The predicted octanol–water partition coefficient (Wildman–Crippen LogP) is 6.90. The van der Waals surface area contributed by atoms with Gasteiger partial charge < -0.3 is 28.4 Å². The van der Waals surface area contributed by atoms with E-state index in [1.165, 1.54) is 21.9 Å². The number of allylic oxidation sites excluding steroid dienone is 4. The van der Waals surface area contributed by atoms with E-state index >= 15 is 0 Å². The van der Waals surface area contributed by atoms with Crippen LogP contribution in [-0.2, 0) is 0 Å². The Morgan fingerprint density at radius 3 is 0.913 bits per heavy atom. The summed E-state index contributed by atoms with van der Waals surface area (Å²) in [7, 11) is 6.98. The van der Waals surface area contributed by atoms with Gasteiger partial charge in [0.1, 0.15) is 34.5 Å². The molecule has 3 aromatic carbocycles. The van der Waals surface area contributed by atoms with Crippen molar-refractivity contribution in [3.8, 4) is 34.5 Å². The molecule has 1 aliphatic rings. The summed E-state index contributed by atoms with van der Waals surface area (Å²) in [5, 5.41) is 4.88. The van der Waals surface area contributed by atoms with E-state index in [2.05, 4.69) is 87.4 Å². The second-order valence-corrected chi connectivity index (χ2v) is 16.1. The van der Waals surface area contributed by atoms with Gasteiger partial charge in [0.15, 0.2) is 8.07 Å². The Balaban J connectivity index is 2.57. The third-order valence-corrected chi connectivity index (χ3v) is 16.7. The molecule has 0 fully saturated rings. The molecule has 0 aromatic heterocycles. The lowest BCUT2D eigenvalue weighted by Gasteiger charge is -2.43. The highest BCUT2D eigenvalue weighted by molar-refractivity contribution is 7.18. The molecule has 248 valence electrons. The van der Waals surface area contributed by atoms with Crippen molar-refractivity contribution in [1.82, 2.24) is 0 Å². The van der Waals surface area contributed by atoms with Crippen molar-refractivity contribution in [2.24, 2.45) is 5.92 Å². The summed E-state index contributed by atoms with van der Waals surface area (Å²) in [5.74, 6) is 4.88. The van der Waals surface area contributed by atoms with Crippen LogP contribution in [0.5, 0.6) is 34.5 Å². The minimum atomic E-state index is -3.44. The van der Waals surface area contributed by atoms with Crippen LogP contribution in [0.1, 0.15) is 61.1 Å². The van der Waals surface area contributed by atoms with E-state index in [1.807, 2.05) is 0 Å². The average molecular weight is 645 g/mol. The SMILES string of the molecule is COc1cc(OC)c([Si](C2=C(C)C(C)=C(C)C2C)(c2c(OC)cc(OC)c(C)c2C)c2c(OC)cc(OC)c(C)c2C)c(C)c1C. The average Bonchev–Trinajstić information content (AvgIpc) is 3.24. The van der Waals surface area contributed by atoms with E-state index in [0.717, 1.165) is 83.4 Å². The molecule has 0 saturated heterocycles. The van der Waals surface area contributed by atoms with Gasteiger partial charge in [-0.05, 0) is 123 Å². The van der Waals surface area contributed by atoms with Crippen LogP contribution in [0.15, 0.2) is 40.1 Å². The molecule has 46 heavy (non-hydrogen) atoms. The fourth-order valence-electron chi connectivity index (χ4n) is 7.84. The molecule has 3 aromatic rings. The monoisotopic (exact) mass is 644 g/mol. The quantitative estimate of drug-likeness (QED) is 0.177. The third kappa shape index (κ3) is 4.89. The van der Waals surface area contributed by atoms with Gasteiger partial charge in [-0.1, -0.05) is 23.3 Å². The standard InChI is InChI=1S/C39H52O6Si/c1-20-21(2)26(7)36(25(20)6)46(37-27(8)22(3)30(40-11)17-33(37)43-14,38-28(9)23(4)31(41-12)18-34(38)44-15)39-29(10)24(5)32(42-13)19-35(39)45-16/h17-19,25H,1-16H3. The van der Waals surface area contributed by atoms with Crippen molar-refractivity contribution in [3.05, 3.63) is 73.5 Å². The lowest BCUT2D eigenvalue weighted by atomic mass is 10.0. The lowest BCUT2D eigenvalue weighted by molar-refractivity contribution is 0.392. The van der Waals surface area contributed by atoms with Crippen molar-refractivity contribution < 1.29 is 28.4 Å². The van der Waals surface area contributed by atoms with E-state index < -0.39 is 8.07 Å². The number of rotatable bonds is 10. The summed E-state index contributed by atoms with van der Waals surface area (Å²) >= 11 is 0. The zero-order chi connectivity index (χ0) is 34.4. The molecule has 0 radical (unpaired) electrons. The normalized spacial score (nSPS) is 15.0. The van der Waals surface area contributed by atoms with Gasteiger partial charge in [0.2, 0.25) is 0 Å². The molecule has 1 atom stereocenters. The minimum absolute atomic E-state index is 0.149. The number of methoxy groups -OCH3 is 6. The topological polar surface area (TPSA) is 55.4 Å². The van der Waals surface area contributed by atoms with Crippen molar-refractivity contribution in [1.29, 1.82) is 0 Å². The first-order valence-corrected chi connectivity index (χ1v) is 17.8. The van der Waals surface area contributed by atoms with E-state index in [1.54, 1.807) is 42.7 Å². The zero-order valence-corrected chi connectivity index (χ0v) is 31.8. The van der Waals surface area contributed by atoms with Crippen LogP contribution < -0.4 is 44.0 Å². The van der Waals surface area contributed by atoms with Crippen molar-refractivity contribution >= 4 is 23.6 Å². The molecule has 0 saturated carbocycles. The van der Waals surface area contributed by atoms with Gasteiger partial charge in [0, 0.05) is 18.2 Å². The van der Waals surface area contributed by atoms with E-state index in [9.17, 15) is 0 Å². The molecule has 0 amide bonds. The van der Waals surface area contributed by atoms with Gasteiger partial charge in [-0.3, -0.25) is 0 Å². The highest BCUT2D eigenvalue weighted by Gasteiger charge is 2.55. The maximum atomic E-state index is 6.42. The van der Waals surface area contributed by atoms with Crippen molar-refractivity contribution in [2.45, 2.75) is 69.2 Å². The van der Waals surface area contributed by atoms with Crippen molar-refractivity contribution in [3.63, 3.8) is 0 Å². The Bertz CT molecular complexity index is 1600. The first kappa shape index (κ1) is 35.0. The number of hydrogen-bond acceptors (Lipinski definition) is 6. The molecule has 0 heterocycles. The van der Waals surface area contributed by atoms with Gasteiger partial charge in [-0.15, -0.1) is 0 Å². The maximum Gasteiger partial charge on any atom is 0.190 e. The molecule has 0 aliphatic heterocycles. The number of ether oxygens (including phenoxy) is 6. The third-order valence-electron chi connectivity index (χ3n) is 10.9. The fourth-order valence-corrected chi connectivity index (χ4v) is 14.9. The van der Waals surface area contributed by atoms with Crippen LogP contribution in [0.25, 0.3) is 0 Å². The summed E-state index contributed by atoms with van der Waals surface area (Å²) in [4.78, 5) is 0. The Hall–Kier alpha value is -3.84. The first-order valence-electron chi connectivity index (χ1n) is 15.8. The summed E-state index contributed by atoms with van der Waals surface area (Å²) in [6.07, 6.45) is 0. The molecule has 0 spiro atoms. The number of benzene rings is 3.